The number of likely N-dealkylation sites (N-methyl/N-ethyl adjacent to an activating group) is 1. The number of rotatable bonds is 5. The van der Waals surface area contributed by atoms with Gasteiger partial charge in [0.15, 0.2) is 0 Å². The van der Waals surface area contributed by atoms with Crippen LogP contribution in [0.25, 0.3) is 0 Å². The van der Waals surface area contributed by atoms with E-state index >= 15 is 0 Å². The van der Waals surface area contributed by atoms with E-state index in [-0.39, 0.29) is 28.3 Å². The van der Waals surface area contributed by atoms with Gasteiger partial charge in [0.1, 0.15) is 23.3 Å². The summed E-state index contributed by atoms with van der Waals surface area (Å²) in [5.41, 5.74) is 5.84. The molecule has 1 aliphatic carbocycles. The summed E-state index contributed by atoms with van der Waals surface area (Å²) < 4.78 is 5.79. The highest BCUT2D eigenvalue weighted by Gasteiger charge is 2.54. The standard InChI is InChI=1S/C16H22ClN5O2/c1-21(2)5-3-4-12(23)22-8-16(9-22)6-11(7-16)24-15-13(17)14(18)19-10-20-15/h3-4,10-11H,5-9H2,1-2H3,(H2,18,19,20)/b4-3+. The number of aromatic nitrogens is 2. The fraction of sp³-hybridized carbons (Fsp3) is 0.562. The third-order valence-corrected chi connectivity index (χ3v) is 4.83. The number of ether oxygens (including phenoxy) is 1. The van der Waals surface area contributed by atoms with Crippen LogP contribution >= 0.6 is 11.6 Å². The van der Waals surface area contributed by atoms with Gasteiger partial charge in [0, 0.05) is 31.1 Å². The Morgan fingerprint density at radius 1 is 1.50 bits per heavy atom. The Bertz CT molecular complexity index is 650. The van der Waals surface area contributed by atoms with Crippen molar-refractivity contribution >= 4 is 23.3 Å². The molecular weight excluding hydrogens is 330 g/mol. The summed E-state index contributed by atoms with van der Waals surface area (Å²) in [5.74, 6) is 0.641. The van der Waals surface area contributed by atoms with E-state index in [9.17, 15) is 4.79 Å². The Labute approximate surface area is 146 Å². The number of nitrogens with two attached hydrogens (primary N) is 1. The number of likely N-dealkylation sites (tertiary alicyclic amines) is 1. The number of anilines is 1. The number of halogens is 1. The largest absolute Gasteiger partial charge is 0.473 e. The van der Waals surface area contributed by atoms with Gasteiger partial charge in [0.2, 0.25) is 11.8 Å². The number of hydrogen-bond donors (Lipinski definition) is 1. The van der Waals surface area contributed by atoms with E-state index in [4.69, 9.17) is 22.1 Å². The molecule has 1 saturated carbocycles. The van der Waals surface area contributed by atoms with Gasteiger partial charge in [-0.15, -0.1) is 0 Å². The van der Waals surface area contributed by atoms with Crippen LogP contribution in [-0.4, -0.2) is 65.5 Å². The van der Waals surface area contributed by atoms with Crippen LogP contribution in [0.4, 0.5) is 5.82 Å². The van der Waals surface area contributed by atoms with Gasteiger partial charge in [-0.1, -0.05) is 17.7 Å². The van der Waals surface area contributed by atoms with Gasteiger partial charge in [0.25, 0.3) is 0 Å². The van der Waals surface area contributed by atoms with Crippen molar-refractivity contribution in [3.05, 3.63) is 23.5 Å². The van der Waals surface area contributed by atoms with Crippen LogP contribution in [0.3, 0.4) is 0 Å². The Hall–Kier alpha value is -1.86. The monoisotopic (exact) mass is 351 g/mol. The van der Waals surface area contributed by atoms with Crippen molar-refractivity contribution in [2.75, 3.05) is 39.5 Å². The molecule has 2 aliphatic rings. The minimum absolute atomic E-state index is 0.0679. The molecule has 0 bridgehead atoms. The molecular formula is C16H22ClN5O2. The SMILES string of the molecule is CN(C)C/C=C/C(=O)N1CC2(CC(Oc3ncnc(N)c3Cl)C2)C1. The van der Waals surface area contributed by atoms with Crippen molar-refractivity contribution in [2.45, 2.75) is 18.9 Å². The molecule has 2 heterocycles. The topological polar surface area (TPSA) is 84.6 Å². The zero-order valence-corrected chi connectivity index (χ0v) is 14.7. The normalized spacial score (nSPS) is 19.6. The number of carbonyl (C=O) groups excluding carboxylic acids is 1. The predicted octanol–water partition coefficient (Wildman–Crippen LogP) is 1.20. The molecule has 1 aromatic rings. The zero-order valence-electron chi connectivity index (χ0n) is 13.9. The molecule has 0 atom stereocenters. The lowest BCUT2D eigenvalue weighted by Gasteiger charge is -2.58. The number of carbonyl (C=O) groups is 1. The molecule has 2 fully saturated rings. The molecule has 1 aliphatic heterocycles. The number of nitrogen functional groups attached to an aromatic ring is 1. The number of nitrogens with zero attached hydrogens (tertiary/aromatic N) is 4. The first-order chi connectivity index (χ1) is 11.4. The van der Waals surface area contributed by atoms with E-state index < -0.39 is 0 Å². The first-order valence-electron chi connectivity index (χ1n) is 7.91. The second-order valence-electron chi connectivity index (χ2n) is 6.89. The summed E-state index contributed by atoms with van der Waals surface area (Å²) in [5, 5.41) is 0.259. The molecule has 1 aromatic heterocycles. The first kappa shape index (κ1) is 17.0. The van der Waals surface area contributed by atoms with E-state index in [2.05, 4.69) is 9.97 Å². The van der Waals surface area contributed by atoms with E-state index in [1.54, 1.807) is 6.08 Å². The highest BCUT2D eigenvalue weighted by Crippen LogP contribution is 2.50. The van der Waals surface area contributed by atoms with Crippen molar-refractivity contribution in [3.63, 3.8) is 0 Å². The maximum atomic E-state index is 12.0. The molecule has 3 rings (SSSR count). The Kier molecular flexibility index (Phi) is 4.64. The number of amides is 1. The van der Waals surface area contributed by atoms with Crippen molar-refractivity contribution in [1.29, 1.82) is 0 Å². The van der Waals surface area contributed by atoms with Gasteiger partial charge < -0.3 is 20.3 Å². The average molecular weight is 352 g/mol. The van der Waals surface area contributed by atoms with Gasteiger partial charge in [-0.3, -0.25) is 4.79 Å². The quantitative estimate of drug-likeness (QED) is 0.802. The molecule has 8 heteroatoms. The van der Waals surface area contributed by atoms with Crippen molar-refractivity contribution in [3.8, 4) is 5.88 Å². The lowest BCUT2D eigenvalue weighted by atomic mass is 9.61. The molecule has 0 aromatic carbocycles. The first-order valence-corrected chi connectivity index (χ1v) is 8.29. The van der Waals surface area contributed by atoms with Crippen LogP contribution < -0.4 is 10.5 Å². The lowest BCUT2D eigenvalue weighted by Crippen LogP contribution is -2.65. The van der Waals surface area contributed by atoms with E-state index in [0.717, 1.165) is 32.5 Å². The summed E-state index contributed by atoms with van der Waals surface area (Å²) >= 11 is 6.03. The second-order valence-corrected chi connectivity index (χ2v) is 7.26. The highest BCUT2D eigenvalue weighted by atomic mass is 35.5. The third kappa shape index (κ3) is 3.47. The Morgan fingerprint density at radius 3 is 2.88 bits per heavy atom. The second kappa shape index (κ2) is 6.57. The average Bonchev–Trinajstić information content (AvgIpc) is 2.43. The Morgan fingerprint density at radius 2 is 2.21 bits per heavy atom. The van der Waals surface area contributed by atoms with E-state index in [1.165, 1.54) is 6.33 Å². The van der Waals surface area contributed by atoms with E-state index in [0.29, 0.717) is 5.88 Å². The predicted molar refractivity (Wildman–Crippen MR) is 91.8 cm³/mol. The van der Waals surface area contributed by atoms with Crippen molar-refractivity contribution in [2.24, 2.45) is 5.41 Å². The van der Waals surface area contributed by atoms with Crippen LogP contribution in [0.1, 0.15) is 12.8 Å². The third-order valence-electron chi connectivity index (χ3n) is 4.48. The summed E-state index contributed by atoms with van der Waals surface area (Å²) in [4.78, 5) is 23.8. The molecule has 2 N–H and O–H groups in total. The Balaban J connectivity index is 1.44. The molecule has 0 radical (unpaired) electrons. The van der Waals surface area contributed by atoms with Crippen LogP contribution in [0, 0.1) is 5.41 Å². The summed E-state index contributed by atoms with van der Waals surface area (Å²) in [6.07, 6.45) is 6.76. The van der Waals surface area contributed by atoms with Gasteiger partial charge in [-0.05, 0) is 26.9 Å². The van der Waals surface area contributed by atoms with Gasteiger partial charge in [0.05, 0.1) is 0 Å². The molecule has 130 valence electrons. The fourth-order valence-electron chi connectivity index (χ4n) is 3.24. The molecule has 7 nitrogen and oxygen atoms in total. The van der Waals surface area contributed by atoms with Crippen LogP contribution in [0.5, 0.6) is 5.88 Å². The minimum atomic E-state index is 0.0679. The zero-order chi connectivity index (χ0) is 17.3. The van der Waals surface area contributed by atoms with Crippen LogP contribution in [-0.2, 0) is 4.79 Å². The van der Waals surface area contributed by atoms with Gasteiger partial charge in [-0.2, -0.15) is 0 Å². The summed E-state index contributed by atoms with van der Waals surface area (Å²) in [6, 6.07) is 0. The molecule has 1 spiro atoms. The molecule has 0 unspecified atom stereocenters. The van der Waals surface area contributed by atoms with Crippen LogP contribution in [0.2, 0.25) is 5.02 Å². The lowest BCUT2D eigenvalue weighted by molar-refractivity contribution is -0.155. The maximum absolute atomic E-state index is 12.0. The maximum Gasteiger partial charge on any atom is 0.246 e. The van der Waals surface area contributed by atoms with Crippen LogP contribution in [0.15, 0.2) is 18.5 Å². The molecule has 24 heavy (non-hydrogen) atoms. The minimum Gasteiger partial charge on any atom is -0.473 e. The van der Waals surface area contributed by atoms with Gasteiger partial charge >= 0.3 is 0 Å². The van der Waals surface area contributed by atoms with E-state index in [1.807, 2.05) is 30.0 Å². The van der Waals surface area contributed by atoms with Crippen molar-refractivity contribution < 1.29 is 9.53 Å². The van der Waals surface area contributed by atoms with Crippen molar-refractivity contribution in [1.82, 2.24) is 19.8 Å². The molecule has 1 saturated heterocycles. The molecule has 1 amide bonds. The number of hydrogen-bond acceptors (Lipinski definition) is 6. The highest BCUT2D eigenvalue weighted by molar-refractivity contribution is 6.34. The smallest absolute Gasteiger partial charge is 0.246 e. The van der Waals surface area contributed by atoms with Gasteiger partial charge in [-0.25, -0.2) is 9.97 Å². The summed E-state index contributed by atoms with van der Waals surface area (Å²) in [6.45, 7) is 2.35. The fourth-order valence-corrected chi connectivity index (χ4v) is 3.39. The summed E-state index contributed by atoms with van der Waals surface area (Å²) in [7, 11) is 3.94.